The van der Waals surface area contributed by atoms with Crippen LogP contribution in [-0.4, -0.2) is 17.2 Å². The van der Waals surface area contributed by atoms with E-state index in [2.05, 4.69) is 0 Å². The van der Waals surface area contributed by atoms with Crippen molar-refractivity contribution in [3.05, 3.63) is 88.9 Å². The van der Waals surface area contributed by atoms with Gasteiger partial charge in [0.05, 0.1) is 0 Å². The van der Waals surface area contributed by atoms with E-state index < -0.39 is 12.1 Å². The van der Waals surface area contributed by atoms with Crippen LogP contribution in [0.5, 0.6) is 5.75 Å². The lowest BCUT2D eigenvalue weighted by Gasteiger charge is -2.17. The second kappa shape index (κ2) is 8.07. The first-order valence-electron chi connectivity index (χ1n) is 8.33. The first-order valence-corrected chi connectivity index (χ1v) is 8.71. The van der Waals surface area contributed by atoms with E-state index in [1.807, 2.05) is 61.5 Å². The molecule has 132 valence electrons. The molecule has 4 heteroatoms. The summed E-state index contributed by atoms with van der Waals surface area (Å²) in [6, 6.07) is 22.9. The van der Waals surface area contributed by atoms with Crippen molar-refractivity contribution >= 4 is 17.6 Å². The van der Waals surface area contributed by atoms with Gasteiger partial charge < -0.3 is 9.84 Å². The van der Waals surface area contributed by atoms with Gasteiger partial charge in [-0.15, -0.1) is 0 Å². The van der Waals surface area contributed by atoms with Gasteiger partial charge in [-0.2, -0.15) is 0 Å². The maximum atomic E-state index is 11.6. The normalized spacial score (nSPS) is 11.8. The molecule has 3 nitrogen and oxygen atoms in total. The zero-order valence-corrected chi connectivity index (χ0v) is 15.1. The molecule has 0 radical (unpaired) electrons. The molecular formula is C22H19ClO3. The fraction of sp³-hybridized carbons (Fsp3) is 0.136. The molecule has 0 saturated heterocycles. The first-order chi connectivity index (χ1) is 12.5. The van der Waals surface area contributed by atoms with Crippen molar-refractivity contribution < 1.29 is 14.6 Å². The number of hydrogen-bond acceptors (Lipinski definition) is 2. The third-order valence-electron chi connectivity index (χ3n) is 4.30. The second-order valence-electron chi connectivity index (χ2n) is 6.06. The van der Waals surface area contributed by atoms with Gasteiger partial charge in [0.1, 0.15) is 5.75 Å². The fourth-order valence-corrected chi connectivity index (χ4v) is 2.97. The molecule has 0 aliphatic carbocycles. The molecule has 0 unspecified atom stereocenters. The van der Waals surface area contributed by atoms with Crippen molar-refractivity contribution in [2.75, 3.05) is 0 Å². The molecule has 26 heavy (non-hydrogen) atoms. The Labute approximate surface area is 157 Å². The molecular weight excluding hydrogens is 348 g/mol. The number of carbonyl (C=O) groups is 1. The minimum absolute atomic E-state index is 0.252. The van der Waals surface area contributed by atoms with Crippen LogP contribution < -0.4 is 4.74 Å². The van der Waals surface area contributed by atoms with Crippen LogP contribution in [0.15, 0.2) is 72.8 Å². The van der Waals surface area contributed by atoms with Gasteiger partial charge in [-0.1, -0.05) is 66.2 Å². The molecule has 1 atom stereocenters. The third kappa shape index (κ3) is 4.24. The fourth-order valence-electron chi connectivity index (χ4n) is 2.77. The Hall–Kier alpha value is -2.78. The SMILES string of the molecule is Cc1c(Cl)cccc1C[C@@H](Oc1ccc(-c2ccccc2)cc1)C(=O)O. The largest absolute Gasteiger partial charge is 0.478 e. The molecule has 0 aliphatic heterocycles. The Kier molecular flexibility index (Phi) is 5.59. The van der Waals surface area contributed by atoms with Crippen molar-refractivity contribution in [1.29, 1.82) is 0 Å². The number of carboxylic acid groups (broad SMARTS) is 1. The summed E-state index contributed by atoms with van der Waals surface area (Å²) in [6.45, 7) is 1.88. The average Bonchev–Trinajstić information content (AvgIpc) is 2.66. The lowest BCUT2D eigenvalue weighted by Crippen LogP contribution is -2.29. The minimum Gasteiger partial charge on any atom is -0.478 e. The summed E-state index contributed by atoms with van der Waals surface area (Å²) in [6.07, 6.45) is -0.725. The summed E-state index contributed by atoms with van der Waals surface area (Å²) in [7, 11) is 0. The Bertz CT molecular complexity index is 889. The molecule has 0 amide bonds. The molecule has 3 aromatic rings. The summed E-state index contributed by atoms with van der Waals surface area (Å²) < 4.78 is 5.72. The topological polar surface area (TPSA) is 46.5 Å². The van der Waals surface area contributed by atoms with Crippen LogP contribution in [-0.2, 0) is 11.2 Å². The summed E-state index contributed by atoms with van der Waals surface area (Å²) in [5, 5.41) is 10.2. The standard InChI is InChI=1S/C22H19ClO3/c1-15-18(8-5-9-20(15)23)14-21(22(24)25)26-19-12-10-17(11-13-19)16-6-3-2-4-7-16/h2-13,21H,14H2,1H3,(H,24,25)/t21-/m1/s1. The van der Waals surface area contributed by atoms with E-state index in [-0.39, 0.29) is 6.42 Å². The van der Waals surface area contributed by atoms with E-state index in [1.165, 1.54) is 0 Å². The van der Waals surface area contributed by atoms with Crippen molar-refractivity contribution in [1.82, 2.24) is 0 Å². The number of carboxylic acids is 1. The quantitative estimate of drug-likeness (QED) is 0.636. The van der Waals surface area contributed by atoms with Gasteiger partial charge in [-0.3, -0.25) is 0 Å². The van der Waals surface area contributed by atoms with Gasteiger partial charge in [0.15, 0.2) is 6.10 Å². The van der Waals surface area contributed by atoms with E-state index in [4.69, 9.17) is 16.3 Å². The number of benzene rings is 3. The summed E-state index contributed by atoms with van der Waals surface area (Å²) >= 11 is 6.12. The van der Waals surface area contributed by atoms with E-state index in [1.54, 1.807) is 18.2 Å². The zero-order chi connectivity index (χ0) is 18.5. The highest BCUT2D eigenvalue weighted by Crippen LogP contribution is 2.24. The lowest BCUT2D eigenvalue weighted by atomic mass is 10.0. The lowest BCUT2D eigenvalue weighted by molar-refractivity contribution is -0.145. The molecule has 3 aromatic carbocycles. The summed E-state index contributed by atoms with van der Waals surface area (Å²) in [5.74, 6) is -0.478. The highest BCUT2D eigenvalue weighted by molar-refractivity contribution is 6.31. The molecule has 0 aromatic heterocycles. The predicted molar refractivity (Wildman–Crippen MR) is 104 cm³/mol. The predicted octanol–water partition coefficient (Wildman–Crippen LogP) is 5.39. The third-order valence-corrected chi connectivity index (χ3v) is 4.71. The van der Waals surface area contributed by atoms with Crippen LogP contribution in [0.2, 0.25) is 5.02 Å². The molecule has 1 N–H and O–H groups in total. The van der Waals surface area contributed by atoms with Crippen molar-refractivity contribution in [2.24, 2.45) is 0 Å². The number of rotatable bonds is 6. The maximum absolute atomic E-state index is 11.6. The van der Waals surface area contributed by atoms with Gasteiger partial charge in [0, 0.05) is 11.4 Å². The number of halogens is 1. The van der Waals surface area contributed by atoms with E-state index in [0.717, 1.165) is 22.3 Å². The average molecular weight is 367 g/mol. The molecule has 0 bridgehead atoms. The Morgan fingerprint density at radius 1 is 0.962 bits per heavy atom. The van der Waals surface area contributed by atoms with E-state index >= 15 is 0 Å². The van der Waals surface area contributed by atoms with Crippen molar-refractivity contribution in [3.63, 3.8) is 0 Å². The molecule has 0 fully saturated rings. The molecule has 3 rings (SSSR count). The van der Waals surface area contributed by atoms with Crippen LogP contribution in [0.3, 0.4) is 0 Å². The monoisotopic (exact) mass is 366 g/mol. The van der Waals surface area contributed by atoms with Gasteiger partial charge in [0.2, 0.25) is 0 Å². The summed E-state index contributed by atoms with van der Waals surface area (Å²) in [5.41, 5.74) is 3.90. The number of aliphatic carboxylic acids is 1. The van der Waals surface area contributed by atoms with Crippen LogP contribution in [0.25, 0.3) is 11.1 Å². The molecule has 0 heterocycles. The van der Waals surface area contributed by atoms with Gasteiger partial charge in [0.25, 0.3) is 0 Å². The Morgan fingerprint density at radius 3 is 2.27 bits per heavy atom. The Morgan fingerprint density at radius 2 is 1.62 bits per heavy atom. The number of ether oxygens (including phenoxy) is 1. The number of hydrogen-bond donors (Lipinski definition) is 1. The van der Waals surface area contributed by atoms with Crippen LogP contribution in [0.4, 0.5) is 0 Å². The Balaban J connectivity index is 1.76. The first kappa shape index (κ1) is 18.0. The highest BCUT2D eigenvalue weighted by atomic mass is 35.5. The van der Waals surface area contributed by atoms with Crippen molar-refractivity contribution in [3.8, 4) is 16.9 Å². The minimum atomic E-state index is -1.00. The summed E-state index contributed by atoms with van der Waals surface area (Å²) in [4.78, 5) is 11.6. The highest BCUT2D eigenvalue weighted by Gasteiger charge is 2.21. The van der Waals surface area contributed by atoms with Crippen molar-refractivity contribution in [2.45, 2.75) is 19.4 Å². The van der Waals surface area contributed by atoms with Gasteiger partial charge >= 0.3 is 5.97 Å². The zero-order valence-electron chi connectivity index (χ0n) is 14.4. The molecule has 0 aliphatic rings. The maximum Gasteiger partial charge on any atom is 0.345 e. The van der Waals surface area contributed by atoms with Gasteiger partial charge in [-0.05, 0) is 47.4 Å². The van der Waals surface area contributed by atoms with Crippen LogP contribution in [0, 0.1) is 6.92 Å². The van der Waals surface area contributed by atoms with E-state index in [0.29, 0.717) is 10.8 Å². The molecule has 0 spiro atoms. The smallest absolute Gasteiger partial charge is 0.345 e. The second-order valence-corrected chi connectivity index (χ2v) is 6.47. The van der Waals surface area contributed by atoms with Crippen LogP contribution in [0.1, 0.15) is 11.1 Å². The molecule has 0 saturated carbocycles. The van der Waals surface area contributed by atoms with Crippen LogP contribution >= 0.6 is 11.6 Å². The van der Waals surface area contributed by atoms with E-state index in [9.17, 15) is 9.90 Å². The van der Waals surface area contributed by atoms with Gasteiger partial charge in [-0.25, -0.2) is 4.79 Å².